The van der Waals surface area contributed by atoms with Crippen LogP contribution in [0.3, 0.4) is 0 Å². The van der Waals surface area contributed by atoms with Crippen molar-refractivity contribution >= 4 is 11.9 Å². The molecule has 0 aromatic carbocycles. The Balaban J connectivity index is 2.20. The second kappa shape index (κ2) is 4.95. The third kappa shape index (κ3) is 2.43. The van der Waals surface area contributed by atoms with Crippen molar-refractivity contribution < 1.29 is 19.1 Å². The van der Waals surface area contributed by atoms with E-state index >= 15 is 0 Å². The fraction of sp³-hybridized carbons (Fsp3) is 0.417. The molecule has 90 valence electrons. The van der Waals surface area contributed by atoms with Crippen molar-refractivity contribution in [3.8, 4) is 0 Å². The molecule has 0 radical (unpaired) electrons. The zero-order valence-electron chi connectivity index (χ0n) is 9.46. The van der Waals surface area contributed by atoms with Crippen LogP contribution in [0.4, 0.5) is 0 Å². The second-order valence-electron chi connectivity index (χ2n) is 3.73. The van der Waals surface area contributed by atoms with Crippen LogP contribution in [0.25, 0.3) is 0 Å². The van der Waals surface area contributed by atoms with Gasteiger partial charge >= 0.3 is 11.9 Å². The molecule has 0 spiro atoms. The highest BCUT2D eigenvalue weighted by molar-refractivity contribution is 5.83. The number of nitrogens with zero attached hydrogens (tertiary/aromatic N) is 1. The van der Waals surface area contributed by atoms with Crippen LogP contribution in [0.5, 0.6) is 0 Å². The molecular formula is C12H13NO4. The fourth-order valence-corrected chi connectivity index (χ4v) is 1.83. The number of hydrogen-bond donors (Lipinski definition) is 0. The van der Waals surface area contributed by atoms with E-state index in [0.717, 1.165) is 0 Å². The van der Waals surface area contributed by atoms with Gasteiger partial charge in [-0.05, 0) is 19.1 Å². The van der Waals surface area contributed by atoms with Crippen molar-refractivity contribution in [2.45, 2.75) is 19.4 Å². The van der Waals surface area contributed by atoms with E-state index in [-0.39, 0.29) is 6.42 Å². The van der Waals surface area contributed by atoms with Gasteiger partial charge in [0.25, 0.3) is 0 Å². The molecule has 0 amide bonds. The summed E-state index contributed by atoms with van der Waals surface area (Å²) < 4.78 is 10.1. The highest BCUT2D eigenvalue weighted by atomic mass is 16.6. The molecule has 0 unspecified atom stereocenters. The Morgan fingerprint density at radius 2 is 2.41 bits per heavy atom. The first-order chi connectivity index (χ1) is 8.22. The quantitative estimate of drug-likeness (QED) is 0.737. The van der Waals surface area contributed by atoms with Gasteiger partial charge in [-0.15, -0.1) is 0 Å². The molecule has 0 aliphatic carbocycles. The number of ether oxygens (including phenoxy) is 2. The molecule has 0 bridgehead atoms. The molecular weight excluding hydrogens is 222 g/mol. The van der Waals surface area contributed by atoms with Gasteiger partial charge in [-0.3, -0.25) is 14.6 Å². The summed E-state index contributed by atoms with van der Waals surface area (Å²) in [5.41, 5.74) is 0.580. The van der Waals surface area contributed by atoms with Crippen LogP contribution in [0, 0.1) is 5.92 Å². The van der Waals surface area contributed by atoms with Gasteiger partial charge < -0.3 is 9.47 Å². The molecule has 2 atom stereocenters. The van der Waals surface area contributed by atoms with Crippen LogP contribution in [-0.4, -0.2) is 23.5 Å². The predicted molar refractivity (Wildman–Crippen MR) is 57.8 cm³/mol. The van der Waals surface area contributed by atoms with Crippen molar-refractivity contribution in [2.75, 3.05) is 6.61 Å². The number of carbonyl (C=O) groups is 2. The number of hydrogen-bond acceptors (Lipinski definition) is 5. The zero-order chi connectivity index (χ0) is 12.3. The highest BCUT2D eigenvalue weighted by Crippen LogP contribution is 2.34. The van der Waals surface area contributed by atoms with Crippen molar-refractivity contribution in [1.29, 1.82) is 0 Å². The molecule has 0 saturated carbocycles. The second-order valence-corrected chi connectivity index (χ2v) is 3.73. The summed E-state index contributed by atoms with van der Waals surface area (Å²) in [7, 11) is 0. The van der Waals surface area contributed by atoms with Crippen LogP contribution in [-0.2, 0) is 19.1 Å². The Hall–Kier alpha value is -1.91. The summed E-state index contributed by atoms with van der Waals surface area (Å²) in [5.74, 6) is -1.38. The molecule has 2 heterocycles. The minimum Gasteiger partial charge on any atom is -0.466 e. The highest BCUT2D eigenvalue weighted by Gasteiger charge is 2.42. The zero-order valence-corrected chi connectivity index (χ0v) is 9.46. The van der Waals surface area contributed by atoms with Crippen molar-refractivity contribution in [2.24, 2.45) is 5.92 Å². The summed E-state index contributed by atoms with van der Waals surface area (Å²) in [4.78, 5) is 27.1. The smallest absolute Gasteiger partial charge is 0.313 e. The molecule has 5 nitrogen and oxygen atoms in total. The summed E-state index contributed by atoms with van der Waals surface area (Å²) in [6.45, 7) is 2.02. The van der Waals surface area contributed by atoms with E-state index in [2.05, 4.69) is 4.98 Å². The normalized spacial score (nSPS) is 23.2. The number of aromatic nitrogens is 1. The van der Waals surface area contributed by atoms with Gasteiger partial charge in [0.15, 0.2) is 6.10 Å². The van der Waals surface area contributed by atoms with E-state index < -0.39 is 24.0 Å². The van der Waals surface area contributed by atoms with E-state index in [1.807, 2.05) is 0 Å². The molecule has 1 aliphatic heterocycles. The number of esters is 2. The Kier molecular flexibility index (Phi) is 3.37. The third-order valence-electron chi connectivity index (χ3n) is 2.58. The van der Waals surface area contributed by atoms with E-state index in [0.29, 0.717) is 12.3 Å². The first-order valence-electron chi connectivity index (χ1n) is 5.49. The van der Waals surface area contributed by atoms with Crippen LogP contribution in [0.2, 0.25) is 0 Å². The van der Waals surface area contributed by atoms with Crippen molar-refractivity contribution in [3.05, 3.63) is 30.1 Å². The van der Waals surface area contributed by atoms with Crippen molar-refractivity contribution in [1.82, 2.24) is 4.98 Å². The average Bonchev–Trinajstić information content (AvgIpc) is 2.73. The van der Waals surface area contributed by atoms with E-state index in [9.17, 15) is 9.59 Å². The van der Waals surface area contributed by atoms with Gasteiger partial charge in [0.2, 0.25) is 0 Å². The number of pyridine rings is 1. The monoisotopic (exact) mass is 235 g/mol. The maximum Gasteiger partial charge on any atom is 0.313 e. The van der Waals surface area contributed by atoms with Gasteiger partial charge in [0.05, 0.1) is 18.7 Å². The summed E-state index contributed by atoms with van der Waals surface area (Å²) in [5, 5.41) is 0. The first kappa shape index (κ1) is 11.6. The standard InChI is InChI=1S/C12H13NO4/c1-2-16-12(15)8-7-10(14)17-11(8)9-5-3-4-6-13-9/h3-6,8,11H,2,7H2,1H3/t8-,11+/m0/s1. The van der Waals surface area contributed by atoms with Crippen LogP contribution < -0.4 is 0 Å². The average molecular weight is 235 g/mol. The Labute approximate surface area is 98.7 Å². The fourth-order valence-electron chi connectivity index (χ4n) is 1.83. The lowest BCUT2D eigenvalue weighted by Gasteiger charge is -2.15. The molecule has 17 heavy (non-hydrogen) atoms. The number of cyclic esters (lactones) is 1. The molecule has 5 heteroatoms. The third-order valence-corrected chi connectivity index (χ3v) is 2.58. The topological polar surface area (TPSA) is 65.5 Å². The lowest BCUT2D eigenvalue weighted by molar-refractivity contribution is -0.150. The largest absolute Gasteiger partial charge is 0.466 e. The SMILES string of the molecule is CCOC(=O)[C@H]1CC(=O)O[C@H]1c1ccccn1. The Morgan fingerprint density at radius 1 is 1.59 bits per heavy atom. The van der Waals surface area contributed by atoms with Gasteiger partial charge in [0, 0.05) is 6.20 Å². The number of rotatable bonds is 3. The Morgan fingerprint density at radius 3 is 3.06 bits per heavy atom. The van der Waals surface area contributed by atoms with Crippen LogP contribution >= 0.6 is 0 Å². The minimum absolute atomic E-state index is 0.0556. The van der Waals surface area contributed by atoms with E-state index in [1.165, 1.54) is 0 Å². The van der Waals surface area contributed by atoms with Crippen LogP contribution in [0.15, 0.2) is 24.4 Å². The molecule has 1 fully saturated rings. The van der Waals surface area contributed by atoms with E-state index in [1.54, 1.807) is 31.3 Å². The van der Waals surface area contributed by atoms with Gasteiger partial charge in [-0.25, -0.2) is 0 Å². The van der Waals surface area contributed by atoms with E-state index in [4.69, 9.17) is 9.47 Å². The summed E-state index contributed by atoms with van der Waals surface area (Å²) in [6.07, 6.45) is 1.03. The predicted octanol–water partition coefficient (Wildman–Crippen LogP) is 1.25. The molecule has 1 saturated heterocycles. The molecule has 0 N–H and O–H groups in total. The summed E-state index contributed by atoms with van der Waals surface area (Å²) in [6, 6.07) is 5.28. The Bertz CT molecular complexity index is 418. The van der Waals surface area contributed by atoms with Crippen LogP contribution in [0.1, 0.15) is 25.1 Å². The molecule has 1 aromatic rings. The van der Waals surface area contributed by atoms with Gasteiger partial charge in [-0.1, -0.05) is 6.07 Å². The van der Waals surface area contributed by atoms with Crippen molar-refractivity contribution in [3.63, 3.8) is 0 Å². The van der Waals surface area contributed by atoms with Gasteiger partial charge in [-0.2, -0.15) is 0 Å². The first-order valence-corrected chi connectivity index (χ1v) is 5.49. The van der Waals surface area contributed by atoms with Gasteiger partial charge in [0.1, 0.15) is 5.92 Å². The molecule has 2 rings (SSSR count). The molecule has 1 aromatic heterocycles. The minimum atomic E-state index is -0.622. The number of carbonyl (C=O) groups excluding carboxylic acids is 2. The lowest BCUT2D eigenvalue weighted by Crippen LogP contribution is -2.21. The maximum atomic E-state index is 11.7. The lowest BCUT2D eigenvalue weighted by atomic mass is 9.99. The maximum absolute atomic E-state index is 11.7. The molecule has 1 aliphatic rings. The summed E-state index contributed by atoms with van der Waals surface area (Å²) >= 11 is 0.